The van der Waals surface area contributed by atoms with Gasteiger partial charge in [-0.05, 0) is 49.4 Å². The Hall–Kier alpha value is -1.94. The van der Waals surface area contributed by atoms with E-state index in [4.69, 9.17) is 0 Å². The number of H-pyrrole nitrogens is 1. The molecule has 0 aliphatic heterocycles. The van der Waals surface area contributed by atoms with Crippen molar-refractivity contribution in [2.75, 3.05) is 0 Å². The molecule has 0 spiro atoms. The van der Waals surface area contributed by atoms with Crippen molar-refractivity contribution in [3.05, 3.63) is 63.8 Å². The molecule has 0 saturated heterocycles. The third-order valence-corrected chi connectivity index (χ3v) is 3.99. The number of hydrogen-bond acceptors (Lipinski definition) is 3. The summed E-state index contributed by atoms with van der Waals surface area (Å²) in [5.74, 6) is 0. The molecule has 0 aromatic carbocycles. The summed E-state index contributed by atoms with van der Waals surface area (Å²) in [4.78, 5) is 18.4. The van der Waals surface area contributed by atoms with Crippen molar-refractivity contribution in [1.29, 1.82) is 0 Å². The van der Waals surface area contributed by atoms with Crippen molar-refractivity contribution in [3.8, 4) is 0 Å². The van der Waals surface area contributed by atoms with E-state index in [9.17, 15) is 4.79 Å². The minimum Gasteiger partial charge on any atom is -0.326 e. The number of nitrogens with zero attached hydrogens (tertiary/aromatic N) is 1. The van der Waals surface area contributed by atoms with Crippen LogP contribution in [0.2, 0.25) is 0 Å². The summed E-state index contributed by atoms with van der Waals surface area (Å²) in [5.41, 5.74) is 3.54. The zero-order valence-corrected chi connectivity index (χ0v) is 11.6. The Labute approximate surface area is 118 Å². The molecule has 20 heavy (non-hydrogen) atoms. The maximum absolute atomic E-state index is 11.4. The van der Waals surface area contributed by atoms with E-state index in [0.29, 0.717) is 6.04 Å². The van der Waals surface area contributed by atoms with Crippen molar-refractivity contribution in [2.24, 2.45) is 0 Å². The number of aryl methyl sites for hydroxylation is 1. The van der Waals surface area contributed by atoms with Gasteiger partial charge in [0.2, 0.25) is 5.56 Å². The molecule has 2 unspecified atom stereocenters. The van der Waals surface area contributed by atoms with Crippen molar-refractivity contribution in [3.63, 3.8) is 0 Å². The number of rotatable bonds is 3. The molecular weight excluding hydrogens is 250 g/mol. The van der Waals surface area contributed by atoms with Gasteiger partial charge in [-0.25, -0.2) is 0 Å². The summed E-state index contributed by atoms with van der Waals surface area (Å²) < 4.78 is 0. The van der Waals surface area contributed by atoms with Crippen LogP contribution < -0.4 is 10.9 Å². The van der Waals surface area contributed by atoms with E-state index in [1.807, 2.05) is 30.6 Å². The molecular formula is C16H19N3O. The first-order chi connectivity index (χ1) is 9.74. The summed E-state index contributed by atoms with van der Waals surface area (Å²) in [5, 5.41) is 3.66. The van der Waals surface area contributed by atoms with Gasteiger partial charge in [-0.3, -0.25) is 9.78 Å². The quantitative estimate of drug-likeness (QED) is 0.900. The van der Waals surface area contributed by atoms with Crippen LogP contribution in [-0.2, 0) is 6.42 Å². The van der Waals surface area contributed by atoms with E-state index in [2.05, 4.69) is 22.2 Å². The van der Waals surface area contributed by atoms with Gasteiger partial charge in [0.1, 0.15) is 0 Å². The summed E-state index contributed by atoms with van der Waals surface area (Å²) in [6, 6.07) is 8.22. The lowest BCUT2D eigenvalue weighted by atomic mass is 9.90. The number of hydrogen-bond donors (Lipinski definition) is 2. The highest BCUT2D eigenvalue weighted by atomic mass is 16.1. The molecule has 2 atom stereocenters. The van der Waals surface area contributed by atoms with Gasteiger partial charge in [0, 0.05) is 36.2 Å². The summed E-state index contributed by atoms with van der Waals surface area (Å²) in [7, 11) is 0. The Bertz CT molecular complexity index is 636. The van der Waals surface area contributed by atoms with Crippen LogP contribution >= 0.6 is 0 Å². The molecule has 0 radical (unpaired) electrons. The van der Waals surface area contributed by atoms with E-state index in [1.165, 1.54) is 11.1 Å². The second-order valence-electron chi connectivity index (χ2n) is 5.37. The molecule has 2 aromatic rings. The van der Waals surface area contributed by atoms with Gasteiger partial charge in [0.25, 0.3) is 0 Å². The predicted octanol–water partition coefficient (Wildman–Crippen LogP) is 2.50. The number of pyridine rings is 2. The molecule has 2 aromatic heterocycles. The van der Waals surface area contributed by atoms with E-state index < -0.39 is 0 Å². The third kappa shape index (κ3) is 2.65. The molecule has 4 nitrogen and oxygen atoms in total. The lowest BCUT2D eigenvalue weighted by Crippen LogP contribution is -2.29. The normalized spacial score (nSPS) is 19.4. The van der Waals surface area contributed by atoms with Gasteiger partial charge >= 0.3 is 0 Å². The molecule has 3 rings (SSSR count). The lowest BCUT2D eigenvalue weighted by Gasteiger charge is -2.29. The van der Waals surface area contributed by atoms with Crippen LogP contribution in [0.25, 0.3) is 0 Å². The number of aromatic amines is 1. The van der Waals surface area contributed by atoms with Gasteiger partial charge in [-0.1, -0.05) is 6.07 Å². The second kappa shape index (κ2) is 5.59. The number of nitrogens with one attached hydrogen (secondary N) is 2. The van der Waals surface area contributed by atoms with Crippen LogP contribution in [-0.4, -0.2) is 9.97 Å². The fourth-order valence-corrected chi connectivity index (χ4v) is 2.92. The summed E-state index contributed by atoms with van der Waals surface area (Å²) >= 11 is 0. The molecule has 2 heterocycles. The zero-order chi connectivity index (χ0) is 13.9. The Kier molecular flexibility index (Phi) is 3.65. The molecule has 0 fully saturated rings. The zero-order valence-electron chi connectivity index (χ0n) is 11.6. The first-order valence-electron chi connectivity index (χ1n) is 7.12. The maximum atomic E-state index is 11.4. The van der Waals surface area contributed by atoms with E-state index in [1.54, 1.807) is 6.07 Å². The monoisotopic (exact) mass is 269 g/mol. The Morgan fingerprint density at radius 1 is 1.30 bits per heavy atom. The minimum atomic E-state index is -0.00779. The van der Waals surface area contributed by atoms with Crippen LogP contribution in [0.1, 0.15) is 48.7 Å². The highest BCUT2D eigenvalue weighted by molar-refractivity contribution is 5.27. The summed E-state index contributed by atoms with van der Waals surface area (Å²) in [6.07, 6.45) is 6.81. The smallest absolute Gasteiger partial charge is 0.248 e. The van der Waals surface area contributed by atoms with Crippen molar-refractivity contribution in [2.45, 2.75) is 38.3 Å². The number of aromatic nitrogens is 2. The van der Waals surface area contributed by atoms with Crippen molar-refractivity contribution in [1.82, 2.24) is 15.3 Å². The van der Waals surface area contributed by atoms with Gasteiger partial charge in [-0.2, -0.15) is 0 Å². The minimum absolute atomic E-state index is 0.00779. The first kappa shape index (κ1) is 13.1. The van der Waals surface area contributed by atoms with Crippen LogP contribution in [0, 0.1) is 0 Å². The molecule has 0 saturated carbocycles. The summed E-state index contributed by atoms with van der Waals surface area (Å²) in [6.45, 7) is 2.16. The fraction of sp³-hybridized carbons (Fsp3) is 0.375. The molecule has 0 bridgehead atoms. The van der Waals surface area contributed by atoms with Crippen LogP contribution in [0.15, 0.2) is 41.5 Å². The SMILES string of the molecule is CC(NC1CCCc2[nH]c(=O)ccc21)c1ccncc1. The van der Waals surface area contributed by atoms with Crippen LogP contribution in [0.3, 0.4) is 0 Å². The molecule has 1 aliphatic rings. The Balaban J connectivity index is 1.81. The van der Waals surface area contributed by atoms with Gasteiger partial charge in [-0.15, -0.1) is 0 Å². The molecule has 4 heteroatoms. The highest BCUT2D eigenvalue weighted by Crippen LogP contribution is 2.29. The topological polar surface area (TPSA) is 57.8 Å². The highest BCUT2D eigenvalue weighted by Gasteiger charge is 2.22. The number of fused-ring (bicyclic) bond motifs is 1. The average molecular weight is 269 g/mol. The van der Waals surface area contributed by atoms with E-state index in [0.717, 1.165) is 25.0 Å². The van der Waals surface area contributed by atoms with Crippen molar-refractivity contribution >= 4 is 0 Å². The molecule has 0 amide bonds. The van der Waals surface area contributed by atoms with Gasteiger partial charge in [0.15, 0.2) is 0 Å². The first-order valence-corrected chi connectivity index (χ1v) is 7.12. The second-order valence-corrected chi connectivity index (χ2v) is 5.37. The van der Waals surface area contributed by atoms with Crippen LogP contribution in [0.5, 0.6) is 0 Å². The largest absolute Gasteiger partial charge is 0.326 e. The standard InChI is InChI=1S/C16H19N3O/c1-11(12-7-9-17-10-8-12)18-14-3-2-4-15-13(14)5-6-16(20)19-15/h5-11,14,18H,2-4H2,1H3,(H,19,20). The van der Waals surface area contributed by atoms with E-state index >= 15 is 0 Å². The molecule has 2 N–H and O–H groups in total. The van der Waals surface area contributed by atoms with Gasteiger partial charge < -0.3 is 10.3 Å². The average Bonchev–Trinajstić information content (AvgIpc) is 2.48. The van der Waals surface area contributed by atoms with E-state index in [-0.39, 0.29) is 11.6 Å². The fourth-order valence-electron chi connectivity index (χ4n) is 2.92. The lowest BCUT2D eigenvalue weighted by molar-refractivity contribution is 0.411. The third-order valence-electron chi connectivity index (χ3n) is 3.99. The maximum Gasteiger partial charge on any atom is 0.248 e. The van der Waals surface area contributed by atoms with Crippen LogP contribution in [0.4, 0.5) is 0 Å². The van der Waals surface area contributed by atoms with Crippen molar-refractivity contribution < 1.29 is 0 Å². The van der Waals surface area contributed by atoms with Gasteiger partial charge in [0.05, 0.1) is 0 Å². The Morgan fingerprint density at radius 3 is 2.90 bits per heavy atom. The molecule has 1 aliphatic carbocycles. The Morgan fingerprint density at radius 2 is 2.10 bits per heavy atom. The predicted molar refractivity (Wildman–Crippen MR) is 78.5 cm³/mol. The molecule has 104 valence electrons.